The number of halogens is 1. The standard InChI is InChI=1S/C19H18ClN5O2S/c20-13-7-4-5-8-15(13)25-11-14(21-24-25)18(26)22-23-19(27)17-10-12-6-2-1-3-9-16(12)28-17/h4-5,7-8,10-11H,1-3,6,9H2,(H,22,26)(H,23,27). The third kappa shape index (κ3) is 3.93. The summed E-state index contributed by atoms with van der Waals surface area (Å²) in [6.45, 7) is 0. The number of hydrogen-bond acceptors (Lipinski definition) is 5. The molecule has 2 aromatic heterocycles. The third-order valence-electron chi connectivity index (χ3n) is 4.59. The van der Waals surface area contributed by atoms with Crippen molar-refractivity contribution in [1.82, 2.24) is 25.8 Å². The van der Waals surface area contributed by atoms with Gasteiger partial charge in [-0.3, -0.25) is 20.4 Å². The first-order chi connectivity index (χ1) is 13.6. The molecule has 1 aliphatic rings. The van der Waals surface area contributed by atoms with Crippen molar-refractivity contribution in [2.24, 2.45) is 0 Å². The van der Waals surface area contributed by atoms with Gasteiger partial charge in [-0.1, -0.05) is 35.4 Å². The van der Waals surface area contributed by atoms with Crippen molar-refractivity contribution < 1.29 is 9.59 Å². The smallest absolute Gasteiger partial charge is 0.266 e. The molecule has 0 atom stereocenters. The largest absolute Gasteiger partial charge is 0.291 e. The number of hydrazine groups is 1. The summed E-state index contributed by atoms with van der Waals surface area (Å²) in [5.41, 5.74) is 6.77. The Bertz CT molecular complexity index is 1010. The number of fused-ring (bicyclic) bond motifs is 1. The van der Waals surface area contributed by atoms with Crippen LogP contribution in [0.15, 0.2) is 36.5 Å². The van der Waals surface area contributed by atoms with Crippen molar-refractivity contribution in [2.45, 2.75) is 32.1 Å². The number of carbonyl (C=O) groups excluding carboxylic acids is 2. The van der Waals surface area contributed by atoms with E-state index < -0.39 is 5.91 Å². The van der Waals surface area contributed by atoms with E-state index in [-0.39, 0.29) is 11.6 Å². The Morgan fingerprint density at radius 1 is 1.07 bits per heavy atom. The average molecular weight is 416 g/mol. The van der Waals surface area contributed by atoms with Crippen molar-refractivity contribution >= 4 is 34.8 Å². The van der Waals surface area contributed by atoms with Crippen LogP contribution in [0.1, 0.15) is 49.9 Å². The molecule has 3 aromatic rings. The van der Waals surface area contributed by atoms with E-state index >= 15 is 0 Å². The zero-order valence-corrected chi connectivity index (χ0v) is 16.5. The Morgan fingerprint density at radius 2 is 1.86 bits per heavy atom. The number of benzene rings is 1. The lowest BCUT2D eigenvalue weighted by molar-refractivity contribution is 0.0846. The first-order valence-corrected chi connectivity index (χ1v) is 10.2. The minimum Gasteiger partial charge on any atom is -0.266 e. The van der Waals surface area contributed by atoms with E-state index in [0.717, 1.165) is 25.7 Å². The number of para-hydroxylation sites is 1. The normalized spacial score (nSPS) is 13.5. The van der Waals surface area contributed by atoms with Gasteiger partial charge >= 0.3 is 0 Å². The van der Waals surface area contributed by atoms with Crippen LogP contribution in [0.2, 0.25) is 5.02 Å². The number of thiophene rings is 1. The Balaban J connectivity index is 1.39. The second kappa shape index (κ2) is 8.12. The van der Waals surface area contributed by atoms with Gasteiger partial charge in [-0.15, -0.1) is 16.4 Å². The molecule has 2 heterocycles. The number of aryl methyl sites for hydroxylation is 2. The number of nitrogens with one attached hydrogen (secondary N) is 2. The zero-order chi connectivity index (χ0) is 19.5. The van der Waals surface area contributed by atoms with Crippen molar-refractivity contribution in [1.29, 1.82) is 0 Å². The SMILES string of the molecule is O=C(NNC(=O)c1cc2c(s1)CCCCC2)c1cn(-c2ccccc2Cl)nn1. The Hall–Kier alpha value is -2.71. The van der Waals surface area contributed by atoms with Gasteiger partial charge in [0.1, 0.15) is 0 Å². The van der Waals surface area contributed by atoms with Gasteiger partial charge in [0.05, 0.1) is 21.8 Å². The molecule has 0 radical (unpaired) electrons. The molecule has 0 saturated heterocycles. The van der Waals surface area contributed by atoms with Crippen molar-refractivity contribution in [3.05, 3.63) is 62.6 Å². The van der Waals surface area contributed by atoms with E-state index in [1.807, 2.05) is 12.1 Å². The lowest BCUT2D eigenvalue weighted by Crippen LogP contribution is -2.41. The Labute approximate surface area is 170 Å². The molecule has 0 unspecified atom stereocenters. The molecule has 7 nitrogen and oxygen atoms in total. The minimum atomic E-state index is -0.551. The Kier molecular flexibility index (Phi) is 5.40. The highest BCUT2D eigenvalue weighted by Gasteiger charge is 2.18. The second-order valence-corrected chi connectivity index (χ2v) is 8.07. The summed E-state index contributed by atoms with van der Waals surface area (Å²) in [5.74, 6) is -0.880. The van der Waals surface area contributed by atoms with Crippen LogP contribution in [0, 0.1) is 0 Å². The summed E-state index contributed by atoms with van der Waals surface area (Å²) in [6.07, 6.45) is 7.03. The van der Waals surface area contributed by atoms with Crippen molar-refractivity contribution in [2.75, 3.05) is 0 Å². The fraction of sp³-hybridized carbons (Fsp3) is 0.263. The first kappa shape index (κ1) is 18.6. The zero-order valence-electron chi connectivity index (χ0n) is 14.9. The third-order valence-corrected chi connectivity index (χ3v) is 6.14. The van der Waals surface area contributed by atoms with Crippen LogP contribution < -0.4 is 10.9 Å². The van der Waals surface area contributed by atoms with Gasteiger partial charge in [0, 0.05) is 4.88 Å². The van der Waals surface area contributed by atoms with E-state index in [2.05, 4.69) is 21.2 Å². The van der Waals surface area contributed by atoms with Gasteiger partial charge in [-0.2, -0.15) is 0 Å². The predicted molar refractivity (Wildman–Crippen MR) is 107 cm³/mol. The predicted octanol–water partition coefficient (Wildman–Crippen LogP) is 3.33. The van der Waals surface area contributed by atoms with E-state index in [4.69, 9.17) is 11.6 Å². The van der Waals surface area contributed by atoms with E-state index in [1.165, 1.54) is 39.1 Å². The van der Waals surface area contributed by atoms with Gasteiger partial charge in [-0.25, -0.2) is 4.68 Å². The first-order valence-electron chi connectivity index (χ1n) is 9.01. The minimum absolute atomic E-state index is 0.0715. The number of nitrogens with zero attached hydrogens (tertiary/aromatic N) is 3. The maximum atomic E-state index is 12.4. The lowest BCUT2D eigenvalue weighted by atomic mass is 10.1. The topological polar surface area (TPSA) is 88.9 Å². The summed E-state index contributed by atoms with van der Waals surface area (Å²) in [4.78, 5) is 26.5. The average Bonchev–Trinajstić information content (AvgIpc) is 3.29. The van der Waals surface area contributed by atoms with Gasteiger partial charge in [0.2, 0.25) is 0 Å². The molecule has 1 aromatic carbocycles. The fourth-order valence-corrected chi connectivity index (χ4v) is 4.51. The van der Waals surface area contributed by atoms with Crippen LogP contribution in [0.3, 0.4) is 0 Å². The van der Waals surface area contributed by atoms with Gasteiger partial charge in [0.15, 0.2) is 5.69 Å². The van der Waals surface area contributed by atoms with Crippen LogP contribution in [0.25, 0.3) is 5.69 Å². The molecule has 2 amide bonds. The van der Waals surface area contributed by atoms with Gasteiger partial charge in [-0.05, 0) is 49.4 Å². The number of hydrogen-bond donors (Lipinski definition) is 2. The highest BCUT2D eigenvalue weighted by Crippen LogP contribution is 2.28. The van der Waals surface area contributed by atoms with Crippen LogP contribution in [-0.2, 0) is 12.8 Å². The Morgan fingerprint density at radius 3 is 2.71 bits per heavy atom. The molecule has 0 saturated carbocycles. The van der Waals surface area contributed by atoms with Crippen LogP contribution in [-0.4, -0.2) is 26.8 Å². The molecule has 2 N–H and O–H groups in total. The molecule has 9 heteroatoms. The maximum absolute atomic E-state index is 12.4. The molecular weight excluding hydrogens is 398 g/mol. The molecule has 0 aliphatic heterocycles. The molecule has 0 spiro atoms. The summed E-state index contributed by atoms with van der Waals surface area (Å²) >= 11 is 7.62. The van der Waals surface area contributed by atoms with Crippen molar-refractivity contribution in [3.63, 3.8) is 0 Å². The lowest BCUT2D eigenvalue weighted by Gasteiger charge is -2.04. The van der Waals surface area contributed by atoms with Gasteiger partial charge in [0.25, 0.3) is 11.8 Å². The van der Waals surface area contributed by atoms with E-state index in [1.54, 1.807) is 18.2 Å². The number of aromatic nitrogens is 3. The number of rotatable bonds is 3. The second-order valence-electron chi connectivity index (χ2n) is 6.53. The molecule has 144 valence electrons. The summed E-state index contributed by atoms with van der Waals surface area (Å²) < 4.78 is 1.41. The summed E-state index contributed by atoms with van der Waals surface area (Å²) in [6, 6.07) is 9.03. The molecular formula is C19H18ClN5O2S. The van der Waals surface area contributed by atoms with Crippen LogP contribution in [0.4, 0.5) is 0 Å². The molecule has 1 aliphatic carbocycles. The summed E-state index contributed by atoms with van der Waals surface area (Å²) in [5, 5.41) is 8.25. The highest BCUT2D eigenvalue weighted by molar-refractivity contribution is 7.14. The molecule has 4 rings (SSSR count). The summed E-state index contributed by atoms with van der Waals surface area (Å²) in [7, 11) is 0. The van der Waals surface area contributed by atoms with Crippen LogP contribution >= 0.6 is 22.9 Å². The highest BCUT2D eigenvalue weighted by atomic mass is 35.5. The van der Waals surface area contributed by atoms with E-state index in [9.17, 15) is 9.59 Å². The maximum Gasteiger partial charge on any atom is 0.291 e. The van der Waals surface area contributed by atoms with Gasteiger partial charge < -0.3 is 0 Å². The number of carbonyl (C=O) groups is 2. The van der Waals surface area contributed by atoms with Crippen LogP contribution in [0.5, 0.6) is 0 Å². The van der Waals surface area contributed by atoms with Crippen molar-refractivity contribution in [3.8, 4) is 5.69 Å². The number of amides is 2. The quantitative estimate of drug-likeness (QED) is 0.507. The van der Waals surface area contributed by atoms with E-state index in [0.29, 0.717) is 15.6 Å². The molecule has 28 heavy (non-hydrogen) atoms. The fourth-order valence-electron chi connectivity index (χ4n) is 3.14. The monoisotopic (exact) mass is 415 g/mol. The molecule has 0 fully saturated rings. The molecule has 0 bridgehead atoms.